The maximum atomic E-state index is 12.3. The summed E-state index contributed by atoms with van der Waals surface area (Å²) in [6, 6.07) is 12.9. The zero-order valence-corrected chi connectivity index (χ0v) is 13.3. The molecule has 2 aromatic carbocycles. The van der Waals surface area contributed by atoms with Crippen LogP contribution in [0.2, 0.25) is 0 Å². The summed E-state index contributed by atoms with van der Waals surface area (Å²) < 4.78 is 0. The lowest BCUT2D eigenvalue weighted by atomic mass is 10.1. The van der Waals surface area contributed by atoms with Gasteiger partial charge in [0.25, 0.3) is 0 Å². The van der Waals surface area contributed by atoms with E-state index in [0.717, 1.165) is 22.0 Å². The van der Waals surface area contributed by atoms with Crippen LogP contribution in [0.3, 0.4) is 0 Å². The van der Waals surface area contributed by atoms with Gasteiger partial charge in [0.15, 0.2) is 0 Å². The highest BCUT2D eigenvalue weighted by Crippen LogP contribution is 2.22. The molecule has 0 fully saturated rings. The third-order valence-electron chi connectivity index (χ3n) is 4.06. The summed E-state index contributed by atoms with van der Waals surface area (Å²) in [6.07, 6.45) is 2.79. The van der Waals surface area contributed by atoms with E-state index in [1.165, 1.54) is 6.07 Å². The molecule has 0 aliphatic carbocycles. The van der Waals surface area contributed by atoms with E-state index in [0.29, 0.717) is 12.1 Å². The van der Waals surface area contributed by atoms with Crippen molar-refractivity contribution in [2.75, 3.05) is 5.32 Å². The molecule has 3 N–H and O–H groups in total. The molecule has 122 valence electrons. The number of aryl methyl sites for hydroxylation is 2. The highest BCUT2D eigenvalue weighted by atomic mass is 16.4. The van der Waals surface area contributed by atoms with E-state index in [-0.39, 0.29) is 17.9 Å². The van der Waals surface area contributed by atoms with Crippen molar-refractivity contribution >= 4 is 28.5 Å². The monoisotopic (exact) mass is 322 g/mol. The molecule has 0 unspecified atom stereocenters. The van der Waals surface area contributed by atoms with Crippen LogP contribution in [0, 0.1) is 6.92 Å². The van der Waals surface area contributed by atoms with Gasteiger partial charge in [0, 0.05) is 23.5 Å². The van der Waals surface area contributed by atoms with Crippen molar-refractivity contribution in [1.82, 2.24) is 4.98 Å². The number of para-hydroxylation sites is 2. The third kappa shape index (κ3) is 3.15. The highest BCUT2D eigenvalue weighted by molar-refractivity contribution is 6.01. The van der Waals surface area contributed by atoms with Crippen LogP contribution in [0.15, 0.2) is 48.7 Å². The minimum atomic E-state index is -1.05. The zero-order valence-electron chi connectivity index (χ0n) is 13.3. The van der Waals surface area contributed by atoms with Crippen LogP contribution in [0.1, 0.15) is 27.9 Å². The number of hydrogen-bond donors (Lipinski definition) is 3. The highest BCUT2D eigenvalue weighted by Gasteiger charge is 2.14. The first-order valence-corrected chi connectivity index (χ1v) is 7.74. The number of rotatable bonds is 5. The number of carboxylic acid groups (broad SMARTS) is 1. The van der Waals surface area contributed by atoms with Gasteiger partial charge in [0.05, 0.1) is 11.3 Å². The van der Waals surface area contributed by atoms with Gasteiger partial charge in [-0.15, -0.1) is 0 Å². The molecular formula is C19H18N2O3. The third-order valence-corrected chi connectivity index (χ3v) is 4.06. The first-order chi connectivity index (χ1) is 11.6. The second kappa shape index (κ2) is 6.58. The Morgan fingerprint density at radius 1 is 1.12 bits per heavy atom. The number of carbonyl (C=O) groups excluding carboxylic acids is 1. The van der Waals surface area contributed by atoms with Gasteiger partial charge in [-0.1, -0.05) is 30.3 Å². The number of carboxylic acids is 1. The Labute approximate surface area is 139 Å². The van der Waals surface area contributed by atoms with E-state index < -0.39 is 5.97 Å². The summed E-state index contributed by atoms with van der Waals surface area (Å²) in [7, 11) is 0. The van der Waals surface area contributed by atoms with E-state index >= 15 is 0 Å². The second-order valence-electron chi connectivity index (χ2n) is 5.71. The summed E-state index contributed by atoms with van der Waals surface area (Å²) in [5.74, 6) is -1.25. The van der Waals surface area contributed by atoms with Crippen LogP contribution < -0.4 is 5.32 Å². The fourth-order valence-electron chi connectivity index (χ4n) is 2.80. The number of aromatic amines is 1. The van der Waals surface area contributed by atoms with Gasteiger partial charge in [0.2, 0.25) is 5.91 Å². The van der Waals surface area contributed by atoms with Gasteiger partial charge >= 0.3 is 5.97 Å². The first kappa shape index (κ1) is 15.8. The fourth-order valence-corrected chi connectivity index (χ4v) is 2.80. The van der Waals surface area contributed by atoms with Crippen LogP contribution in [-0.4, -0.2) is 22.0 Å². The molecule has 0 radical (unpaired) electrons. The van der Waals surface area contributed by atoms with Gasteiger partial charge in [-0.05, 0) is 36.6 Å². The molecule has 0 spiro atoms. The van der Waals surface area contributed by atoms with E-state index in [4.69, 9.17) is 0 Å². The lowest BCUT2D eigenvalue weighted by Crippen LogP contribution is -2.16. The molecule has 1 amide bonds. The van der Waals surface area contributed by atoms with Crippen molar-refractivity contribution in [3.05, 3.63) is 65.4 Å². The molecule has 5 nitrogen and oxygen atoms in total. The summed E-state index contributed by atoms with van der Waals surface area (Å²) in [5.41, 5.74) is 3.32. The van der Waals surface area contributed by atoms with Gasteiger partial charge in [0.1, 0.15) is 0 Å². The predicted molar refractivity (Wildman–Crippen MR) is 93.4 cm³/mol. The summed E-state index contributed by atoms with van der Waals surface area (Å²) in [4.78, 5) is 26.7. The zero-order chi connectivity index (χ0) is 17.1. The number of fused-ring (bicyclic) bond motifs is 1. The Balaban J connectivity index is 1.72. The normalized spacial score (nSPS) is 10.7. The van der Waals surface area contributed by atoms with Crippen molar-refractivity contribution in [3.63, 3.8) is 0 Å². The molecule has 5 heteroatoms. The van der Waals surface area contributed by atoms with Crippen molar-refractivity contribution < 1.29 is 14.7 Å². The molecule has 24 heavy (non-hydrogen) atoms. The maximum absolute atomic E-state index is 12.3. The van der Waals surface area contributed by atoms with E-state index in [1.54, 1.807) is 19.1 Å². The number of aromatic nitrogens is 1. The van der Waals surface area contributed by atoms with Crippen LogP contribution >= 0.6 is 0 Å². The average Bonchev–Trinajstić information content (AvgIpc) is 2.98. The van der Waals surface area contributed by atoms with Gasteiger partial charge in [-0.3, -0.25) is 4.79 Å². The largest absolute Gasteiger partial charge is 0.478 e. The molecule has 0 aliphatic rings. The van der Waals surface area contributed by atoms with Crippen LogP contribution in [0.25, 0.3) is 10.9 Å². The minimum Gasteiger partial charge on any atom is -0.478 e. The fraction of sp³-hybridized carbons (Fsp3) is 0.158. The number of H-pyrrole nitrogens is 1. The first-order valence-electron chi connectivity index (χ1n) is 7.74. The Morgan fingerprint density at radius 2 is 1.92 bits per heavy atom. The summed E-state index contributed by atoms with van der Waals surface area (Å²) in [5, 5.41) is 13.1. The minimum absolute atomic E-state index is 0.107. The number of anilines is 1. The Hall–Kier alpha value is -3.08. The Morgan fingerprint density at radius 3 is 2.71 bits per heavy atom. The van der Waals surface area contributed by atoms with Crippen LogP contribution in [-0.2, 0) is 11.2 Å². The van der Waals surface area contributed by atoms with Crippen molar-refractivity contribution in [1.29, 1.82) is 0 Å². The SMILES string of the molecule is Cc1cccc(C(=O)O)c1NC(=O)CCc1c[nH]c2ccccc12. The molecule has 1 heterocycles. The number of aromatic carboxylic acids is 1. The predicted octanol–water partition coefficient (Wildman–Crippen LogP) is 3.75. The number of benzene rings is 2. The Kier molecular flexibility index (Phi) is 4.33. The molecular weight excluding hydrogens is 304 g/mol. The van der Waals surface area contributed by atoms with Gasteiger partial charge in [-0.2, -0.15) is 0 Å². The van der Waals surface area contributed by atoms with Crippen molar-refractivity contribution in [3.8, 4) is 0 Å². The number of hydrogen-bond acceptors (Lipinski definition) is 2. The Bertz CT molecular complexity index is 912. The number of nitrogens with one attached hydrogen (secondary N) is 2. The van der Waals surface area contributed by atoms with Crippen LogP contribution in [0.4, 0.5) is 5.69 Å². The molecule has 0 atom stereocenters. The van der Waals surface area contributed by atoms with Crippen molar-refractivity contribution in [2.24, 2.45) is 0 Å². The molecule has 3 aromatic rings. The molecule has 0 saturated heterocycles. The van der Waals surface area contributed by atoms with Crippen molar-refractivity contribution in [2.45, 2.75) is 19.8 Å². The topological polar surface area (TPSA) is 82.2 Å². The van der Waals surface area contributed by atoms with E-state index in [1.807, 2.05) is 30.5 Å². The molecule has 0 bridgehead atoms. The molecule has 1 aromatic heterocycles. The van der Waals surface area contributed by atoms with Crippen LogP contribution in [0.5, 0.6) is 0 Å². The smallest absolute Gasteiger partial charge is 0.337 e. The quantitative estimate of drug-likeness (QED) is 0.669. The molecule has 0 saturated carbocycles. The van der Waals surface area contributed by atoms with Gasteiger partial charge < -0.3 is 15.4 Å². The molecule has 0 aliphatic heterocycles. The lowest BCUT2D eigenvalue weighted by Gasteiger charge is -2.11. The number of carbonyl (C=O) groups is 2. The number of amides is 1. The standard InChI is InChI=1S/C19H18N2O3/c1-12-5-4-7-15(19(23)24)18(12)21-17(22)10-9-13-11-20-16-8-3-2-6-14(13)16/h2-8,11,20H,9-10H2,1H3,(H,21,22)(H,23,24). The van der Waals surface area contributed by atoms with E-state index in [9.17, 15) is 14.7 Å². The second-order valence-corrected chi connectivity index (χ2v) is 5.71. The summed E-state index contributed by atoms with van der Waals surface area (Å²) in [6.45, 7) is 1.78. The maximum Gasteiger partial charge on any atom is 0.337 e. The van der Waals surface area contributed by atoms with E-state index in [2.05, 4.69) is 10.3 Å². The lowest BCUT2D eigenvalue weighted by molar-refractivity contribution is -0.116. The summed E-state index contributed by atoms with van der Waals surface area (Å²) >= 11 is 0. The average molecular weight is 322 g/mol. The van der Waals surface area contributed by atoms with Gasteiger partial charge in [-0.25, -0.2) is 4.79 Å². The molecule has 3 rings (SSSR count).